The van der Waals surface area contributed by atoms with Crippen LogP contribution in [0.4, 0.5) is 0 Å². The molecule has 0 radical (unpaired) electrons. The fourth-order valence-electron chi connectivity index (χ4n) is 2.75. The number of benzene rings is 3. The number of nitrogens with zero attached hydrogens (tertiary/aromatic N) is 2. The Morgan fingerprint density at radius 3 is 2.52 bits per heavy atom. The van der Waals surface area contributed by atoms with Crippen LogP contribution in [0.15, 0.2) is 83.4 Å². The van der Waals surface area contributed by atoms with Crippen LogP contribution in [0.2, 0.25) is 0 Å². The van der Waals surface area contributed by atoms with E-state index in [1.54, 1.807) is 29.7 Å². The van der Waals surface area contributed by atoms with E-state index in [1.165, 1.54) is 0 Å². The zero-order chi connectivity index (χ0) is 20.1. The molecule has 1 aromatic heterocycles. The van der Waals surface area contributed by atoms with E-state index in [0.717, 1.165) is 16.7 Å². The van der Waals surface area contributed by atoms with E-state index in [4.69, 9.17) is 14.5 Å². The van der Waals surface area contributed by atoms with Crippen LogP contribution in [0.25, 0.3) is 22.8 Å². The van der Waals surface area contributed by atoms with Gasteiger partial charge in [0, 0.05) is 16.7 Å². The molecule has 4 rings (SSSR count). The normalized spacial score (nSPS) is 10.5. The Kier molecular flexibility index (Phi) is 5.31. The molecule has 3 aromatic carbocycles. The van der Waals surface area contributed by atoms with E-state index in [2.05, 4.69) is 10.1 Å². The molecule has 0 aliphatic rings. The molecule has 0 saturated heterocycles. The van der Waals surface area contributed by atoms with Gasteiger partial charge >= 0.3 is 0 Å². The molecule has 1 amide bonds. The summed E-state index contributed by atoms with van der Waals surface area (Å²) in [7, 11) is 0. The maximum atomic E-state index is 11.5. The highest BCUT2D eigenvalue weighted by Crippen LogP contribution is 2.23. The van der Waals surface area contributed by atoms with Crippen molar-refractivity contribution in [3.05, 3.63) is 90.0 Å². The van der Waals surface area contributed by atoms with Gasteiger partial charge < -0.3 is 9.26 Å². The zero-order valence-corrected chi connectivity index (χ0v) is 15.3. The Hall–Kier alpha value is -3.97. The number of aromatic nitrogens is 2. The standard InChI is InChI=1S/C22H17N3O4/c26-21(24-27)18-7-4-8-19(13-18)28-14-15-9-11-16(12-10-15)20-23-22(29-25-20)17-5-2-1-3-6-17/h1-13,27H,14H2,(H,24,26). The van der Waals surface area contributed by atoms with Crippen LogP contribution < -0.4 is 10.2 Å². The predicted molar refractivity (Wildman–Crippen MR) is 105 cm³/mol. The number of hydrogen-bond acceptors (Lipinski definition) is 6. The zero-order valence-electron chi connectivity index (χ0n) is 15.3. The SMILES string of the molecule is O=C(NO)c1cccc(OCc2ccc(-c3noc(-c4ccccc4)n3)cc2)c1. The molecule has 0 aliphatic carbocycles. The van der Waals surface area contributed by atoms with Gasteiger partial charge in [-0.3, -0.25) is 10.0 Å². The summed E-state index contributed by atoms with van der Waals surface area (Å²) >= 11 is 0. The number of carbonyl (C=O) groups excluding carboxylic acids is 1. The van der Waals surface area contributed by atoms with E-state index in [9.17, 15) is 4.79 Å². The first-order chi connectivity index (χ1) is 14.2. The summed E-state index contributed by atoms with van der Waals surface area (Å²) in [6.45, 7) is 0.325. The summed E-state index contributed by atoms with van der Waals surface area (Å²) in [6, 6.07) is 23.8. The van der Waals surface area contributed by atoms with E-state index >= 15 is 0 Å². The van der Waals surface area contributed by atoms with Crippen molar-refractivity contribution in [2.75, 3.05) is 0 Å². The highest BCUT2D eigenvalue weighted by Gasteiger charge is 2.10. The number of rotatable bonds is 6. The lowest BCUT2D eigenvalue weighted by Gasteiger charge is -2.08. The van der Waals surface area contributed by atoms with Crippen molar-refractivity contribution in [2.24, 2.45) is 0 Å². The van der Waals surface area contributed by atoms with Crippen molar-refractivity contribution < 1.29 is 19.3 Å². The quantitative estimate of drug-likeness (QED) is 0.382. The van der Waals surface area contributed by atoms with Crippen LogP contribution in [-0.4, -0.2) is 21.3 Å². The van der Waals surface area contributed by atoms with Crippen LogP contribution >= 0.6 is 0 Å². The number of nitrogens with one attached hydrogen (secondary N) is 1. The third-order valence-electron chi connectivity index (χ3n) is 4.26. The maximum absolute atomic E-state index is 11.5. The minimum Gasteiger partial charge on any atom is -0.489 e. The molecule has 0 fully saturated rings. The van der Waals surface area contributed by atoms with E-state index in [-0.39, 0.29) is 0 Å². The number of ether oxygens (including phenoxy) is 1. The molecule has 0 spiro atoms. The molecular formula is C22H17N3O4. The van der Waals surface area contributed by atoms with Gasteiger partial charge in [0.05, 0.1) is 0 Å². The molecular weight excluding hydrogens is 370 g/mol. The molecule has 0 unspecified atom stereocenters. The molecule has 29 heavy (non-hydrogen) atoms. The number of hydroxylamine groups is 1. The Balaban J connectivity index is 1.42. The van der Waals surface area contributed by atoms with Gasteiger partial charge in [-0.15, -0.1) is 0 Å². The minimum absolute atomic E-state index is 0.312. The summed E-state index contributed by atoms with van der Waals surface area (Å²) < 4.78 is 11.1. The fourth-order valence-corrected chi connectivity index (χ4v) is 2.75. The second-order valence-corrected chi connectivity index (χ2v) is 6.24. The summed E-state index contributed by atoms with van der Waals surface area (Å²) in [5.41, 5.74) is 4.56. The molecule has 0 bridgehead atoms. The van der Waals surface area contributed by atoms with Gasteiger partial charge in [0.2, 0.25) is 5.82 Å². The third kappa shape index (κ3) is 4.31. The predicted octanol–water partition coefficient (Wildman–Crippen LogP) is 4.10. The Morgan fingerprint density at radius 2 is 1.76 bits per heavy atom. The molecule has 2 N–H and O–H groups in total. The van der Waals surface area contributed by atoms with Crippen molar-refractivity contribution >= 4 is 5.91 Å². The first kappa shape index (κ1) is 18.4. The number of hydrogen-bond donors (Lipinski definition) is 2. The molecule has 1 heterocycles. The van der Waals surface area contributed by atoms with Gasteiger partial charge in [-0.25, -0.2) is 5.48 Å². The van der Waals surface area contributed by atoms with Crippen LogP contribution in [0.1, 0.15) is 15.9 Å². The van der Waals surface area contributed by atoms with Crippen molar-refractivity contribution in [3.63, 3.8) is 0 Å². The fraction of sp³-hybridized carbons (Fsp3) is 0.0455. The summed E-state index contributed by atoms with van der Waals surface area (Å²) in [4.78, 5) is 15.9. The van der Waals surface area contributed by atoms with Gasteiger partial charge in [-0.05, 0) is 35.9 Å². The number of carbonyl (C=O) groups is 1. The number of amides is 1. The van der Waals surface area contributed by atoms with Crippen molar-refractivity contribution in [1.29, 1.82) is 0 Å². The van der Waals surface area contributed by atoms with Crippen molar-refractivity contribution in [1.82, 2.24) is 15.6 Å². The lowest BCUT2D eigenvalue weighted by atomic mass is 10.1. The molecule has 4 aromatic rings. The summed E-state index contributed by atoms with van der Waals surface area (Å²) in [5.74, 6) is 0.925. The molecule has 0 saturated carbocycles. The topological polar surface area (TPSA) is 97.5 Å². The van der Waals surface area contributed by atoms with Gasteiger partial charge in [0.15, 0.2) is 0 Å². The monoisotopic (exact) mass is 387 g/mol. The van der Waals surface area contributed by atoms with Crippen LogP contribution in [0.5, 0.6) is 5.75 Å². The van der Waals surface area contributed by atoms with E-state index in [0.29, 0.717) is 29.6 Å². The Morgan fingerprint density at radius 1 is 0.966 bits per heavy atom. The average molecular weight is 387 g/mol. The van der Waals surface area contributed by atoms with Gasteiger partial charge in [-0.2, -0.15) is 4.98 Å². The average Bonchev–Trinajstić information content (AvgIpc) is 3.29. The molecule has 0 atom stereocenters. The Labute approximate surface area is 166 Å². The van der Waals surface area contributed by atoms with Gasteiger partial charge in [0.25, 0.3) is 11.8 Å². The molecule has 0 aliphatic heterocycles. The maximum Gasteiger partial charge on any atom is 0.274 e. The lowest BCUT2D eigenvalue weighted by molar-refractivity contribution is 0.0706. The first-order valence-electron chi connectivity index (χ1n) is 8.89. The minimum atomic E-state index is -0.588. The second kappa shape index (κ2) is 8.37. The molecule has 7 nitrogen and oxygen atoms in total. The van der Waals surface area contributed by atoms with E-state index in [1.807, 2.05) is 54.6 Å². The highest BCUT2D eigenvalue weighted by molar-refractivity contribution is 5.93. The Bertz CT molecular complexity index is 1110. The summed E-state index contributed by atoms with van der Waals surface area (Å²) in [5, 5.41) is 12.8. The van der Waals surface area contributed by atoms with E-state index < -0.39 is 5.91 Å². The third-order valence-corrected chi connectivity index (χ3v) is 4.26. The summed E-state index contributed by atoms with van der Waals surface area (Å²) in [6.07, 6.45) is 0. The van der Waals surface area contributed by atoms with Gasteiger partial charge in [0.1, 0.15) is 12.4 Å². The lowest BCUT2D eigenvalue weighted by Crippen LogP contribution is -2.18. The van der Waals surface area contributed by atoms with Crippen LogP contribution in [-0.2, 0) is 6.61 Å². The van der Waals surface area contributed by atoms with Crippen molar-refractivity contribution in [2.45, 2.75) is 6.61 Å². The van der Waals surface area contributed by atoms with Crippen LogP contribution in [0, 0.1) is 0 Å². The van der Waals surface area contributed by atoms with Gasteiger partial charge in [-0.1, -0.05) is 53.7 Å². The van der Waals surface area contributed by atoms with Crippen molar-refractivity contribution in [3.8, 4) is 28.6 Å². The molecule has 7 heteroatoms. The molecule has 144 valence electrons. The smallest absolute Gasteiger partial charge is 0.274 e. The highest BCUT2D eigenvalue weighted by atomic mass is 16.5. The first-order valence-corrected chi connectivity index (χ1v) is 8.89. The second-order valence-electron chi connectivity index (χ2n) is 6.24. The van der Waals surface area contributed by atoms with Crippen LogP contribution in [0.3, 0.4) is 0 Å². The largest absolute Gasteiger partial charge is 0.489 e.